The molecule has 0 bridgehead atoms. The first-order valence-electron chi connectivity index (χ1n) is 6.72. The minimum atomic E-state index is -0.349. The average molecular weight is 251 g/mol. The predicted molar refractivity (Wildman–Crippen MR) is 69.5 cm³/mol. The topological polar surface area (TPSA) is 70.1 Å². The summed E-state index contributed by atoms with van der Waals surface area (Å²) >= 11 is 0. The van der Waals surface area contributed by atoms with E-state index in [4.69, 9.17) is 10.5 Å². The molecule has 0 saturated heterocycles. The van der Waals surface area contributed by atoms with Gasteiger partial charge in [-0.2, -0.15) is 5.10 Å². The highest BCUT2D eigenvalue weighted by Crippen LogP contribution is 2.38. The Hall–Kier alpha value is -1.52. The SMILES string of the molecule is CCOC(=O)c1nn(CC)c(N)c1C1CCCC1. The fourth-order valence-electron chi connectivity index (χ4n) is 2.70. The van der Waals surface area contributed by atoms with E-state index in [1.807, 2.05) is 6.92 Å². The minimum absolute atomic E-state index is 0.349. The fourth-order valence-corrected chi connectivity index (χ4v) is 2.70. The molecule has 0 amide bonds. The van der Waals surface area contributed by atoms with Crippen LogP contribution in [0.25, 0.3) is 0 Å². The van der Waals surface area contributed by atoms with Gasteiger partial charge in [-0.3, -0.25) is 0 Å². The van der Waals surface area contributed by atoms with E-state index in [0.29, 0.717) is 30.6 Å². The molecule has 1 fully saturated rings. The standard InChI is InChI=1S/C13H21N3O2/c1-3-16-12(14)10(9-7-5-6-8-9)11(15-16)13(17)18-4-2/h9H,3-8,14H2,1-2H3. The molecule has 1 aromatic heterocycles. The minimum Gasteiger partial charge on any atom is -0.461 e. The number of rotatable bonds is 4. The lowest BCUT2D eigenvalue weighted by Gasteiger charge is -2.10. The van der Waals surface area contributed by atoms with Crippen molar-refractivity contribution in [3.63, 3.8) is 0 Å². The first-order valence-corrected chi connectivity index (χ1v) is 6.72. The maximum Gasteiger partial charge on any atom is 0.359 e. The van der Waals surface area contributed by atoms with Gasteiger partial charge in [0, 0.05) is 12.1 Å². The van der Waals surface area contributed by atoms with Gasteiger partial charge in [0.1, 0.15) is 5.82 Å². The van der Waals surface area contributed by atoms with E-state index in [2.05, 4.69) is 5.10 Å². The van der Waals surface area contributed by atoms with Crippen molar-refractivity contribution in [3.8, 4) is 0 Å². The molecule has 1 aliphatic rings. The summed E-state index contributed by atoms with van der Waals surface area (Å²) in [6, 6.07) is 0. The van der Waals surface area contributed by atoms with Gasteiger partial charge in [-0.05, 0) is 32.6 Å². The number of nitrogen functional groups attached to an aromatic ring is 1. The maximum absolute atomic E-state index is 12.0. The highest BCUT2D eigenvalue weighted by molar-refractivity contribution is 5.90. The van der Waals surface area contributed by atoms with Gasteiger partial charge in [0.25, 0.3) is 0 Å². The Bertz CT molecular complexity index is 434. The number of nitrogens with zero attached hydrogens (tertiary/aromatic N) is 2. The average Bonchev–Trinajstić information content (AvgIpc) is 2.96. The number of anilines is 1. The molecule has 0 unspecified atom stereocenters. The van der Waals surface area contributed by atoms with Gasteiger partial charge in [0.2, 0.25) is 0 Å². The maximum atomic E-state index is 12.0. The van der Waals surface area contributed by atoms with E-state index in [1.165, 1.54) is 12.8 Å². The number of esters is 1. The molecule has 1 heterocycles. The summed E-state index contributed by atoms with van der Waals surface area (Å²) in [4.78, 5) is 12.0. The molecule has 5 nitrogen and oxygen atoms in total. The van der Waals surface area contributed by atoms with Crippen LogP contribution >= 0.6 is 0 Å². The van der Waals surface area contributed by atoms with Crippen LogP contribution in [-0.2, 0) is 11.3 Å². The third-order valence-electron chi connectivity index (χ3n) is 3.56. The summed E-state index contributed by atoms with van der Waals surface area (Å²) in [5.74, 6) is 0.649. The lowest BCUT2D eigenvalue weighted by molar-refractivity contribution is 0.0516. The Morgan fingerprint density at radius 1 is 1.44 bits per heavy atom. The molecule has 0 aromatic carbocycles. The smallest absolute Gasteiger partial charge is 0.359 e. The lowest BCUT2D eigenvalue weighted by atomic mass is 9.97. The molecular weight excluding hydrogens is 230 g/mol. The highest BCUT2D eigenvalue weighted by atomic mass is 16.5. The van der Waals surface area contributed by atoms with Gasteiger partial charge in [-0.15, -0.1) is 0 Å². The fraction of sp³-hybridized carbons (Fsp3) is 0.692. The van der Waals surface area contributed by atoms with Crippen molar-refractivity contribution in [2.45, 2.75) is 52.0 Å². The molecule has 100 valence electrons. The molecule has 2 N–H and O–H groups in total. The third kappa shape index (κ3) is 2.21. The van der Waals surface area contributed by atoms with Crippen molar-refractivity contribution in [1.82, 2.24) is 9.78 Å². The molecular formula is C13H21N3O2. The zero-order chi connectivity index (χ0) is 13.1. The van der Waals surface area contributed by atoms with Gasteiger partial charge in [0.15, 0.2) is 5.69 Å². The summed E-state index contributed by atoms with van der Waals surface area (Å²) in [7, 11) is 0. The van der Waals surface area contributed by atoms with Crippen LogP contribution in [0, 0.1) is 0 Å². The Kier molecular flexibility index (Phi) is 3.89. The number of ether oxygens (including phenoxy) is 1. The van der Waals surface area contributed by atoms with Crippen LogP contribution < -0.4 is 5.73 Å². The van der Waals surface area contributed by atoms with Crippen LogP contribution in [0.4, 0.5) is 5.82 Å². The number of hydrogen-bond donors (Lipinski definition) is 1. The largest absolute Gasteiger partial charge is 0.461 e. The second-order valence-electron chi connectivity index (χ2n) is 4.67. The monoisotopic (exact) mass is 251 g/mol. The number of carbonyl (C=O) groups is 1. The normalized spacial score (nSPS) is 16.1. The predicted octanol–water partition coefficient (Wildman–Crippen LogP) is 2.32. The number of nitrogens with two attached hydrogens (primary N) is 1. The zero-order valence-corrected chi connectivity index (χ0v) is 11.1. The Labute approximate surface area is 107 Å². The van der Waals surface area contributed by atoms with Crippen molar-refractivity contribution >= 4 is 11.8 Å². The Morgan fingerprint density at radius 3 is 2.67 bits per heavy atom. The Balaban J connectivity index is 2.39. The van der Waals surface area contributed by atoms with Crippen LogP contribution in [0.5, 0.6) is 0 Å². The van der Waals surface area contributed by atoms with E-state index in [0.717, 1.165) is 18.4 Å². The first kappa shape index (κ1) is 12.9. The van der Waals surface area contributed by atoms with Crippen molar-refractivity contribution in [2.75, 3.05) is 12.3 Å². The van der Waals surface area contributed by atoms with E-state index in [1.54, 1.807) is 11.6 Å². The molecule has 0 radical (unpaired) electrons. The third-order valence-corrected chi connectivity index (χ3v) is 3.56. The van der Waals surface area contributed by atoms with Gasteiger partial charge in [-0.1, -0.05) is 12.8 Å². The van der Waals surface area contributed by atoms with Crippen LogP contribution in [0.2, 0.25) is 0 Å². The second kappa shape index (κ2) is 5.42. The van der Waals surface area contributed by atoms with Crippen LogP contribution in [-0.4, -0.2) is 22.4 Å². The molecule has 2 rings (SSSR count). The summed E-state index contributed by atoms with van der Waals surface area (Å²) in [6.45, 7) is 4.80. The van der Waals surface area contributed by atoms with Gasteiger partial charge >= 0.3 is 5.97 Å². The molecule has 1 aliphatic carbocycles. The van der Waals surface area contributed by atoms with Crippen LogP contribution in [0.3, 0.4) is 0 Å². The van der Waals surface area contributed by atoms with Crippen molar-refractivity contribution in [3.05, 3.63) is 11.3 Å². The Morgan fingerprint density at radius 2 is 2.11 bits per heavy atom. The number of aromatic nitrogens is 2. The van der Waals surface area contributed by atoms with Crippen molar-refractivity contribution in [2.24, 2.45) is 0 Å². The summed E-state index contributed by atoms with van der Waals surface area (Å²) < 4.78 is 6.77. The van der Waals surface area contributed by atoms with Crippen molar-refractivity contribution in [1.29, 1.82) is 0 Å². The van der Waals surface area contributed by atoms with E-state index < -0.39 is 0 Å². The zero-order valence-electron chi connectivity index (χ0n) is 11.1. The molecule has 18 heavy (non-hydrogen) atoms. The summed E-state index contributed by atoms with van der Waals surface area (Å²) in [5.41, 5.74) is 7.45. The number of carbonyl (C=O) groups excluding carboxylic acids is 1. The second-order valence-corrected chi connectivity index (χ2v) is 4.67. The molecule has 1 aromatic rings. The highest BCUT2D eigenvalue weighted by Gasteiger charge is 2.29. The van der Waals surface area contributed by atoms with E-state index in [-0.39, 0.29) is 5.97 Å². The van der Waals surface area contributed by atoms with Gasteiger partial charge in [0.05, 0.1) is 6.61 Å². The van der Waals surface area contributed by atoms with Crippen LogP contribution in [0.15, 0.2) is 0 Å². The van der Waals surface area contributed by atoms with Crippen molar-refractivity contribution < 1.29 is 9.53 Å². The van der Waals surface area contributed by atoms with E-state index >= 15 is 0 Å². The number of hydrogen-bond acceptors (Lipinski definition) is 4. The molecule has 0 spiro atoms. The molecule has 0 aliphatic heterocycles. The van der Waals surface area contributed by atoms with E-state index in [9.17, 15) is 4.79 Å². The lowest BCUT2D eigenvalue weighted by Crippen LogP contribution is -2.10. The van der Waals surface area contributed by atoms with Crippen LogP contribution in [0.1, 0.15) is 61.5 Å². The quantitative estimate of drug-likeness (QED) is 0.834. The van der Waals surface area contributed by atoms with Gasteiger partial charge in [-0.25, -0.2) is 9.48 Å². The molecule has 1 saturated carbocycles. The molecule has 0 atom stereocenters. The number of aryl methyl sites for hydroxylation is 1. The summed E-state index contributed by atoms with van der Waals surface area (Å²) in [5, 5.41) is 4.31. The summed E-state index contributed by atoms with van der Waals surface area (Å²) in [6.07, 6.45) is 4.57. The molecule has 5 heteroatoms. The first-order chi connectivity index (χ1) is 8.69. The van der Waals surface area contributed by atoms with Gasteiger partial charge < -0.3 is 10.5 Å².